The van der Waals surface area contributed by atoms with E-state index in [1.165, 1.54) is 62.3 Å². The van der Waals surface area contributed by atoms with E-state index >= 15 is 0 Å². The summed E-state index contributed by atoms with van der Waals surface area (Å²) in [6, 6.07) is 0.490. The van der Waals surface area contributed by atoms with Gasteiger partial charge >= 0.3 is 0 Å². The predicted molar refractivity (Wildman–Crippen MR) is 77.8 cm³/mol. The maximum atomic E-state index is 4.83. The molecule has 0 aromatic heterocycles. The molecule has 2 aliphatic rings. The summed E-state index contributed by atoms with van der Waals surface area (Å²) in [6.07, 6.45) is 10.7. The van der Waals surface area contributed by atoms with Gasteiger partial charge in [0.1, 0.15) is 0 Å². The first kappa shape index (κ1) is 13.3. The molecule has 98 valence electrons. The molecule has 1 aliphatic heterocycles. The van der Waals surface area contributed by atoms with Crippen molar-refractivity contribution in [1.29, 1.82) is 0 Å². The number of rotatable bonds is 4. The van der Waals surface area contributed by atoms with Crippen LogP contribution >= 0.6 is 11.8 Å². The molecule has 3 heteroatoms. The van der Waals surface area contributed by atoms with Crippen molar-refractivity contribution in [2.75, 3.05) is 5.75 Å². The first-order valence-corrected chi connectivity index (χ1v) is 8.21. The van der Waals surface area contributed by atoms with E-state index < -0.39 is 0 Å². The molecule has 0 aromatic carbocycles. The fourth-order valence-corrected chi connectivity index (χ4v) is 4.15. The van der Waals surface area contributed by atoms with Crippen molar-refractivity contribution in [3.63, 3.8) is 0 Å². The summed E-state index contributed by atoms with van der Waals surface area (Å²) in [5.41, 5.74) is 0.409. The third-order valence-electron chi connectivity index (χ3n) is 3.98. The molecule has 0 aromatic rings. The molecule has 1 saturated carbocycles. The SMILES string of the molecule is CCCCC(C)N=C1NC2(CCCCC2)CS1. The van der Waals surface area contributed by atoms with Crippen LogP contribution in [-0.2, 0) is 0 Å². The van der Waals surface area contributed by atoms with Gasteiger partial charge in [0.05, 0.1) is 0 Å². The number of aliphatic imine (C=N–C) groups is 1. The maximum Gasteiger partial charge on any atom is 0.157 e. The third-order valence-corrected chi connectivity index (χ3v) is 5.16. The molecule has 1 N–H and O–H groups in total. The van der Waals surface area contributed by atoms with Gasteiger partial charge in [-0.05, 0) is 26.2 Å². The van der Waals surface area contributed by atoms with Gasteiger partial charge in [-0.15, -0.1) is 0 Å². The van der Waals surface area contributed by atoms with Crippen LogP contribution in [0.4, 0.5) is 0 Å². The molecule has 1 saturated heterocycles. The maximum absolute atomic E-state index is 4.83. The number of nitrogens with one attached hydrogen (secondary N) is 1. The van der Waals surface area contributed by atoms with E-state index in [0.717, 1.165) is 0 Å². The Morgan fingerprint density at radius 1 is 1.35 bits per heavy atom. The molecule has 2 rings (SSSR count). The van der Waals surface area contributed by atoms with Crippen LogP contribution in [0.15, 0.2) is 4.99 Å². The molecule has 1 aliphatic carbocycles. The van der Waals surface area contributed by atoms with Gasteiger partial charge in [0.25, 0.3) is 0 Å². The second-order valence-corrected chi connectivity index (χ2v) is 6.64. The van der Waals surface area contributed by atoms with Crippen molar-refractivity contribution in [2.45, 2.75) is 76.8 Å². The Morgan fingerprint density at radius 2 is 2.12 bits per heavy atom. The average molecular weight is 254 g/mol. The van der Waals surface area contributed by atoms with Crippen LogP contribution < -0.4 is 5.32 Å². The minimum atomic E-state index is 0.409. The van der Waals surface area contributed by atoms with Crippen molar-refractivity contribution in [3.8, 4) is 0 Å². The lowest BCUT2D eigenvalue weighted by atomic mass is 9.83. The summed E-state index contributed by atoms with van der Waals surface area (Å²) in [4.78, 5) is 4.83. The van der Waals surface area contributed by atoms with Gasteiger partial charge < -0.3 is 5.32 Å². The summed E-state index contributed by atoms with van der Waals surface area (Å²) < 4.78 is 0. The molecule has 1 heterocycles. The smallest absolute Gasteiger partial charge is 0.157 e. The molecule has 1 unspecified atom stereocenters. The second-order valence-electron chi connectivity index (χ2n) is 5.68. The van der Waals surface area contributed by atoms with E-state index in [4.69, 9.17) is 4.99 Å². The van der Waals surface area contributed by atoms with E-state index in [-0.39, 0.29) is 0 Å². The van der Waals surface area contributed by atoms with Gasteiger partial charge in [-0.1, -0.05) is 50.8 Å². The minimum Gasteiger partial charge on any atom is -0.359 e. The lowest BCUT2D eigenvalue weighted by Crippen LogP contribution is -2.45. The molecule has 1 spiro atoms. The highest BCUT2D eigenvalue weighted by molar-refractivity contribution is 8.14. The van der Waals surface area contributed by atoms with Crippen LogP contribution in [-0.4, -0.2) is 22.5 Å². The summed E-state index contributed by atoms with van der Waals surface area (Å²) in [5, 5.41) is 4.94. The van der Waals surface area contributed by atoms with Crippen LogP contribution in [0.25, 0.3) is 0 Å². The average Bonchev–Trinajstić information content (AvgIpc) is 2.70. The summed E-state index contributed by atoms with van der Waals surface area (Å²) >= 11 is 1.95. The van der Waals surface area contributed by atoms with Crippen molar-refractivity contribution in [2.24, 2.45) is 4.99 Å². The Morgan fingerprint density at radius 3 is 2.82 bits per heavy atom. The zero-order valence-electron chi connectivity index (χ0n) is 11.3. The van der Waals surface area contributed by atoms with Crippen LogP contribution in [0.2, 0.25) is 0 Å². The minimum absolute atomic E-state index is 0.409. The second kappa shape index (κ2) is 6.12. The van der Waals surface area contributed by atoms with Crippen LogP contribution in [0.3, 0.4) is 0 Å². The molecular weight excluding hydrogens is 228 g/mol. The number of hydrogen-bond donors (Lipinski definition) is 1. The number of unbranched alkanes of at least 4 members (excludes halogenated alkanes) is 1. The Labute approximate surface area is 110 Å². The van der Waals surface area contributed by atoms with E-state index in [1.54, 1.807) is 0 Å². The van der Waals surface area contributed by atoms with Crippen molar-refractivity contribution >= 4 is 16.9 Å². The Bertz CT molecular complexity index is 269. The van der Waals surface area contributed by atoms with Crippen molar-refractivity contribution in [1.82, 2.24) is 5.32 Å². The van der Waals surface area contributed by atoms with E-state index in [2.05, 4.69) is 19.2 Å². The van der Waals surface area contributed by atoms with Gasteiger partial charge in [0, 0.05) is 17.3 Å². The third kappa shape index (κ3) is 3.64. The normalized spacial score (nSPS) is 27.3. The lowest BCUT2D eigenvalue weighted by molar-refractivity contribution is 0.303. The van der Waals surface area contributed by atoms with Crippen molar-refractivity contribution < 1.29 is 0 Å². The van der Waals surface area contributed by atoms with Gasteiger partial charge in [0.15, 0.2) is 5.17 Å². The zero-order chi connectivity index (χ0) is 12.1. The Hall–Kier alpha value is -0.180. The van der Waals surface area contributed by atoms with E-state index in [0.29, 0.717) is 11.6 Å². The standard InChI is InChI=1S/C14H26N2S/c1-3-4-8-12(2)15-13-16-14(11-17-13)9-6-5-7-10-14/h12H,3-11H2,1-2H3,(H,15,16). The fourth-order valence-electron chi connectivity index (χ4n) is 2.84. The van der Waals surface area contributed by atoms with Gasteiger partial charge in [-0.2, -0.15) is 0 Å². The molecule has 1 atom stereocenters. The monoisotopic (exact) mass is 254 g/mol. The number of amidine groups is 1. The fraction of sp³-hybridized carbons (Fsp3) is 0.929. The molecule has 0 bridgehead atoms. The summed E-state index contributed by atoms with van der Waals surface area (Å²) in [5.74, 6) is 1.24. The van der Waals surface area contributed by atoms with Crippen LogP contribution in [0.1, 0.15) is 65.2 Å². The topological polar surface area (TPSA) is 24.4 Å². The summed E-state index contributed by atoms with van der Waals surface area (Å²) in [7, 11) is 0. The quantitative estimate of drug-likeness (QED) is 0.821. The van der Waals surface area contributed by atoms with Gasteiger partial charge in [-0.25, -0.2) is 0 Å². The first-order chi connectivity index (χ1) is 8.24. The van der Waals surface area contributed by atoms with Gasteiger partial charge in [0.2, 0.25) is 0 Å². The number of thioether (sulfide) groups is 1. The highest BCUT2D eigenvalue weighted by atomic mass is 32.2. The number of nitrogens with zero attached hydrogens (tertiary/aromatic N) is 1. The molecule has 2 fully saturated rings. The molecular formula is C14H26N2S. The van der Waals surface area contributed by atoms with Crippen LogP contribution in [0, 0.1) is 0 Å². The van der Waals surface area contributed by atoms with Gasteiger partial charge in [-0.3, -0.25) is 4.99 Å². The Balaban J connectivity index is 1.85. The summed E-state index contributed by atoms with van der Waals surface area (Å²) in [6.45, 7) is 4.50. The van der Waals surface area contributed by atoms with Crippen molar-refractivity contribution in [3.05, 3.63) is 0 Å². The molecule has 17 heavy (non-hydrogen) atoms. The van der Waals surface area contributed by atoms with E-state index in [9.17, 15) is 0 Å². The molecule has 0 radical (unpaired) electrons. The highest BCUT2D eigenvalue weighted by Crippen LogP contribution is 2.36. The lowest BCUT2D eigenvalue weighted by Gasteiger charge is -2.32. The Kier molecular flexibility index (Phi) is 4.78. The van der Waals surface area contributed by atoms with Crippen LogP contribution in [0.5, 0.6) is 0 Å². The first-order valence-electron chi connectivity index (χ1n) is 7.23. The number of hydrogen-bond acceptors (Lipinski definition) is 2. The van der Waals surface area contributed by atoms with E-state index in [1.807, 2.05) is 11.8 Å². The molecule has 0 amide bonds. The highest BCUT2D eigenvalue weighted by Gasteiger charge is 2.38. The zero-order valence-corrected chi connectivity index (χ0v) is 12.1. The largest absolute Gasteiger partial charge is 0.359 e. The molecule has 2 nitrogen and oxygen atoms in total. The predicted octanol–water partition coefficient (Wildman–Crippen LogP) is 3.96.